The van der Waals surface area contributed by atoms with Crippen molar-refractivity contribution in [2.75, 3.05) is 17.7 Å². The van der Waals surface area contributed by atoms with Gasteiger partial charge in [0.05, 0.1) is 0 Å². The standard InChI is InChI=1S/C14H17N3/c1-11-6-12(9-16-8-11)10-17(2)14-5-3-4-13(15)7-14/h3-9H,10,15H2,1-2H3. The van der Waals surface area contributed by atoms with Gasteiger partial charge < -0.3 is 10.6 Å². The predicted octanol–water partition coefficient (Wildman–Crippen LogP) is 2.61. The molecule has 88 valence electrons. The first-order chi connectivity index (χ1) is 8.15. The van der Waals surface area contributed by atoms with E-state index in [1.165, 1.54) is 11.1 Å². The van der Waals surface area contributed by atoms with Gasteiger partial charge in [-0.05, 0) is 36.2 Å². The average Bonchev–Trinajstić information content (AvgIpc) is 2.29. The van der Waals surface area contributed by atoms with Crippen molar-refractivity contribution in [1.29, 1.82) is 0 Å². The van der Waals surface area contributed by atoms with E-state index in [0.717, 1.165) is 17.9 Å². The fourth-order valence-electron chi connectivity index (χ4n) is 1.83. The molecule has 0 aliphatic heterocycles. The lowest BCUT2D eigenvalue weighted by Gasteiger charge is -2.19. The van der Waals surface area contributed by atoms with Crippen LogP contribution in [0.5, 0.6) is 0 Å². The maximum atomic E-state index is 5.77. The molecule has 0 aliphatic carbocycles. The first-order valence-corrected chi connectivity index (χ1v) is 5.62. The molecule has 17 heavy (non-hydrogen) atoms. The summed E-state index contributed by atoms with van der Waals surface area (Å²) in [5.74, 6) is 0. The molecule has 0 aliphatic rings. The molecule has 0 bridgehead atoms. The molecule has 0 atom stereocenters. The second-order valence-corrected chi connectivity index (χ2v) is 4.32. The number of hydrogen-bond donors (Lipinski definition) is 1. The Kier molecular flexibility index (Phi) is 3.28. The highest BCUT2D eigenvalue weighted by atomic mass is 15.1. The van der Waals surface area contributed by atoms with Crippen LogP contribution in [-0.4, -0.2) is 12.0 Å². The van der Waals surface area contributed by atoms with Crippen LogP contribution < -0.4 is 10.6 Å². The molecular formula is C14H17N3. The highest BCUT2D eigenvalue weighted by molar-refractivity contribution is 5.55. The van der Waals surface area contributed by atoms with Gasteiger partial charge in [0.25, 0.3) is 0 Å². The van der Waals surface area contributed by atoms with Gasteiger partial charge in [0.15, 0.2) is 0 Å². The highest BCUT2D eigenvalue weighted by Gasteiger charge is 2.02. The largest absolute Gasteiger partial charge is 0.399 e. The Labute approximate surface area is 102 Å². The molecule has 0 unspecified atom stereocenters. The summed E-state index contributed by atoms with van der Waals surface area (Å²) in [7, 11) is 2.05. The van der Waals surface area contributed by atoms with Gasteiger partial charge in [0.1, 0.15) is 0 Å². The van der Waals surface area contributed by atoms with Gasteiger partial charge in [-0.25, -0.2) is 0 Å². The summed E-state index contributed by atoms with van der Waals surface area (Å²) in [5.41, 5.74) is 10.1. The molecule has 0 saturated heterocycles. The number of aromatic nitrogens is 1. The zero-order valence-corrected chi connectivity index (χ0v) is 10.2. The van der Waals surface area contributed by atoms with Crippen LogP contribution in [0.3, 0.4) is 0 Å². The van der Waals surface area contributed by atoms with E-state index < -0.39 is 0 Å². The van der Waals surface area contributed by atoms with Crippen molar-refractivity contribution in [2.45, 2.75) is 13.5 Å². The molecule has 1 aromatic carbocycles. The second kappa shape index (κ2) is 4.87. The Morgan fingerprint density at radius 3 is 2.76 bits per heavy atom. The zero-order chi connectivity index (χ0) is 12.3. The Hall–Kier alpha value is -2.03. The van der Waals surface area contributed by atoms with Crippen LogP contribution in [0.2, 0.25) is 0 Å². The molecule has 1 heterocycles. The maximum Gasteiger partial charge on any atom is 0.0441 e. The molecule has 2 rings (SSSR count). The summed E-state index contributed by atoms with van der Waals surface area (Å²) < 4.78 is 0. The number of benzene rings is 1. The van der Waals surface area contributed by atoms with Crippen molar-refractivity contribution in [3.05, 3.63) is 53.9 Å². The molecule has 2 N–H and O–H groups in total. The fourth-order valence-corrected chi connectivity index (χ4v) is 1.83. The lowest BCUT2D eigenvalue weighted by molar-refractivity contribution is 0.913. The van der Waals surface area contributed by atoms with Crippen LogP contribution in [-0.2, 0) is 6.54 Å². The van der Waals surface area contributed by atoms with Gasteiger partial charge in [-0.2, -0.15) is 0 Å². The van der Waals surface area contributed by atoms with E-state index in [4.69, 9.17) is 5.73 Å². The maximum absolute atomic E-state index is 5.77. The van der Waals surface area contributed by atoms with Crippen molar-refractivity contribution < 1.29 is 0 Å². The summed E-state index contributed by atoms with van der Waals surface area (Å²) in [6.07, 6.45) is 3.76. The van der Waals surface area contributed by atoms with Crippen molar-refractivity contribution in [3.63, 3.8) is 0 Å². The first kappa shape index (κ1) is 11.5. The smallest absolute Gasteiger partial charge is 0.0441 e. The number of pyridine rings is 1. The van der Waals surface area contributed by atoms with Crippen LogP contribution in [0.1, 0.15) is 11.1 Å². The highest BCUT2D eigenvalue weighted by Crippen LogP contribution is 2.18. The van der Waals surface area contributed by atoms with Gasteiger partial charge in [-0.3, -0.25) is 4.98 Å². The van der Waals surface area contributed by atoms with Crippen molar-refractivity contribution in [3.8, 4) is 0 Å². The molecule has 0 spiro atoms. The van der Waals surface area contributed by atoms with Gasteiger partial charge in [0, 0.05) is 37.4 Å². The molecular weight excluding hydrogens is 210 g/mol. The number of hydrogen-bond acceptors (Lipinski definition) is 3. The topological polar surface area (TPSA) is 42.2 Å². The molecule has 0 fully saturated rings. The molecule has 0 saturated carbocycles. The van der Waals surface area contributed by atoms with Crippen LogP contribution in [0.25, 0.3) is 0 Å². The van der Waals surface area contributed by atoms with Crippen LogP contribution in [0.15, 0.2) is 42.7 Å². The summed E-state index contributed by atoms with van der Waals surface area (Å²) in [6.45, 7) is 2.88. The third-order valence-electron chi connectivity index (χ3n) is 2.66. The van der Waals surface area contributed by atoms with Crippen molar-refractivity contribution in [1.82, 2.24) is 4.98 Å². The predicted molar refractivity (Wildman–Crippen MR) is 71.9 cm³/mol. The Bertz CT molecular complexity index is 508. The number of anilines is 2. The van der Waals surface area contributed by atoms with E-state index in [-0.39, 0.29) is 0 Å². The summed E-state index contributed by atoms with van der Waals surface area (Å²) >= 11 is 0. The van der Waals surface area contributed by atoms with Crippen LogP contribution >= 0.6 is 0 Å². The third kappa shape index (κ3) is 2.97. The fraction of sp³-hybridized carbons (Fsp3) is 0.214. The van der Waals surface area contributed by atoms with Gasteiger partial charge in [0.2, 0.25) is 0 Å². The minimum absolute atomic E-state index is 0.789. The van der Waals surface area contributed by atoms with E-state index in [2.05, 4.69) is 36.0 Å². The molecule has 3 heteroatoms. The van der Waals surface area contributed by atoms with Gasteiger partial charge in [-0.15, -0.1) is 0 Å². The number of aryl methyl sites for hydroxylation is 1. The van der Waals surface area contributed by atoms with E-state index in [9.17, 15) is 0 Å². The quantitative estimate of drug-likeness (QED) is 0.819. The van der Waals surface area contributed by atoms with Crippen LogP contribution in [0, 0.1) is 6.92 Å². The lowest BCUT2D eigenvalue weighted by atomic mass is 10.2. The number of rotatable bonds is 3. The minimum Gasteiger partial charge on any atom is -0.399 e. The Morgan fingerprint density at radius 1 is 1.24 bits per heavy atom. The zero-order valence-electron chi connectivity index (χ0n) is 10.2. The number of nitrogen functional groups attached to an aromatic ring is 1. The SMILES string of the molecule is Cc1cncc(CN(C)c2cccc(N)c2)c1. The summed E-state index contributed by atoms with van der Waals surface area (Å²) in [4.78, 5) is 6.36. The van der Waals surface area contributed by atoms with E-state index in [0.29, 0.717) is 0 Å². The first-order valence-electron chi connectivity index (χ1n) is 5.62. The van der Waals surface area contributed by atoms with Gasteiger partial charge in [-0.1, -0.05) is 12.1 Å². The van der Waals surface area contributed by atoms with Crippen molar-refractivity contribution in [2.24, 2.45) is 0 Å². The molecule has 3 nitrogen and oxygen atoms in total. The minimum atomic E-state index is 0.789. The van der Waals surface area contributed by atoms with E-state index in [1.54, 1.807) is 0 Å². The summed E-state index contributed by atoms with van der Waals surface area (Å²) in [5, 5.41) is 0. The third-order valence-corrected chi connectivity index (χ3v) is 2.66. The normalized spacial score (nSPS) is 10.2. The van der Waals surface area contributed by atoms with Crippen molar-refractivity contribution >= 4 is 11.4 Å². The molecule has 2 aromatic rings. The number of nitrogens with two attached hydrogens (primary N) is 1. The summed E-state index contributed by atoms with van der Waals surface area (Å²) in [6, 6.07) is 10.0. The van der Waals surface area contributed by atoms with E-state index >= 15 is 0 Å². The Balaban J connectivity index is 2.14. The van der Waals surface area contributed by atoms with Crippen LogP contribution in [0.4, 0.5) is 11.4 Å². The Morgan fingerprint density at radius 2 is 2.06 bits per heavy atom. The second-order valence-electron chi connectivity index (χ2n) is 4.32. The average molecular weight is 227 g/mol. The molecule has 1 aromatic heterocycles. The molecule has 0 amide bonds. The van der Waals surface area contributed by atoms with Gasteiger partial charge >= 0.3 is 0 Å². The lowest BCUT2D eigenvalue weighted by Crippen LogP contribution is -2.16. The molecule has 0 radical (unpaired) electrons. The van der Waals surface area contributed by atoms with E-state index in [1.807, 2.05) is 30.6 Å². The number of nitrogens with zero attached hydrogens (tertiary/aromatic N) is 2. The monoisotopic (exact) mass is 227 g/mol.